The van der Waals surface area contributed by atoms with Crippen LogP contribution in [0.3, 0.4) is 0 Å². The molecule has 206 valence electrons. The number of hydrogen-bond acceptors (Lipinski definition) is 7. The first-order valence-corrected chi connectivity index (χ1v) is 14.2. The van der Waals surface area contributed by atoms with Crippen molar-refractivity contribution < 1.29 is 0 Å². The van der Waals surface area contributed by atoms with E-state index in [0.29, 0.717) is 40.3 Å². The lowest BCUT2D eigenvalue weighted by Gasteiger charge is -2.13. The lowest BCUT2D eigenvalue weighted by molar-refractivity contribution is 0.875. The van der Waals surface area contributed by atoms with Crippen molar-refractivity contribution in [2.75, 3.05) is 0 Å². The highest BCUT2D eigenvalue weighted by Gasteiger charge is 2.23. The maximum absolute atomic E-state index is 5.11. The summed E-state index contributed by atoms with van der Waals surface area (Å²) < 4.78 is 3.80. The van der Waals surface area contributed by atoms with Gasteiger partial charge in [-0.25, -0.2) is 29.1 Å². The first-order chi connectivity index (χ1) is 21.8. The standard InChI is InChI=1S/C35H21N9/c1-2-10-22(11-3-1)23-12-4-5-13-24(23)29-40-34(43-30-25(14-6-18-36-30)26-15-7-19-37-31(26)43)42-35(41-29)44-32-27(16-8-20-38-32)28-17-9-21-39-33(28)44/h1-21H. The van der Waals surface area contributed by atoms with Crippen LogP contribution in [0.5, 0.6) is 0 Å². The Kier molecular flexibility index (Phi) is 5.30. The summed E-state index contributed by atoms with van der Waals surface area (Å²) in [5.41, 5.74) is 5.77. The van der Waals surface area contributed by atoms with Gasteiger partial charge in [0.15, 0.2) is 5.82 Å². The third-order valence-electron chi connectivity index (χ3n) is 7.84. The van der Waals surface area contributed by atoms with Crippen LogP contribution < -0.4 is 0 Å². The fourth-order valence-electron chi connectivity index (χ4n) is 5.94. The molecule has 9 rings (SSSR count). The lowest BCUT2D eigenvalue weighted by Crippen LogP contribution is -2.11. The molecule has 2 aromatic carbocycles. The summed E-state index contributed by atoms with van der Waals surface area (Å²) >= 11 is 0. The zero-order valence-corrected chi connectivity index (χ0v) is 23.1. The number of fused-ring (bicyclic) bond motifs is 6. The van der Waals surface area contributed by atoms with Crippen LogP contribution in [0.2, 0.25) is 0 Å². The molecule has 0 atom stereocenters. The average Bonchev–Trinajstić information content (AvgIpc) is 3.62. The van der Waals surface area contributed by atoms with Gasteiger partial charge in [-0.05, 0) is 59.7 Å². The van der Waals surface area contributed by atoms with Gasteiger partial charge in [0.05, 0.1) is 0 Å². The Morgan fingerprint density at radius 1 is 0.364 bits per heavy atom. The Balaban J connectivity index is 1.41. The van der Waals surface area contributed by atoms with Gasteiger partial charge in [0.1, 0.15) is 22.6 Å². The predicted molar refractivity (Wildman–Crippen MR) is 171 cm³/mol. The van der Waals surface area contributed by atoms with Crippen LogP contribution in [0, 0.1) is 0 Å². The van der Waals surface area contributed by atoms with E-state index in [1.807, 2.05) is 94.1 Å². The van der Waals surface area contributed by atoms with E-state index in [9.17, 15) is 0 Å². The van der Waals surface area contributed by atoms with Crippen molar-refractivity contribution in [3.8, 4) is 34.4 Å². The third kappa shape index (κ3) is 3.63. The highest BCUT2D eigenvalue weighted by molar-refractivity contribution is 6.07. The highest BCUT2D eigenvalue weighted by Crippen LogP contribution is 2.34. The quantitative estimate of drug-likeness (QED) is 0.226. The van der Waals surface area contributed by atoms with Crippen molar-refractivity contribution in [3.63, 3.8) is 0 Å². The molecule has 0 unspecified atom stereocenters. The molecule has 7 heterocycles. The maximum atomic E-state index is 5.11. The molecule has 0 N–H and O–H groups in total. The normalized spacial score (nSPS) is 11.6. The molecule has 0 bridgehead atoms. The van der Waals surface area contributed by atoms with E-state index < -0.39 is 0 Å². The summed E-state index contributed by atoms with van der Waals surface area (Å²) in [4.78, 5) is 34.3. The minimum atomic E-state index is 0.395. The van der Waals surface area contributed by atoms with Gasteiger partial charge >= 0.3 is 0 Å². The molecular weight excluding hydrogens is 546 g/mol. The van der Waals surface area contributed by atoms with E-state index >= 15 is 0 Å². The van der Waals surface area contributed by atoms with E-state index in [-0.39, 0.29) is 0 Å². The van der Waals surface area contributed by atoms with Crippen LogP contribution in [0.1, 0.15) is 0 Å². The monoisotopic (exact) mass is 567 g/mol. The van der Waals surface area contributed by atoms with E-state index in [1.165, 1.54) is 0 Å². The summed E-state index contributed by atoms with van der Waals surface area (Å²) in [7, 11) is 0. The van der Waals surface area contributed by atoms with Gasteiger partial charge in [-0.3, -0.25) is 0 Å². The smallest absolute Gasteiger partial charge is 0.242 e. The molecule has 0 aliphatic heterocycles. The molecule has 0 saturated carbocycles. The van der Waals surface area contributed by atoms with E-state index in [4.69, 9.17) is 34.9 Å². The van der Waals surface area contributed by atoms with Crippen molar-refractivity contribution in [3.05, 3.63) is 128 Å². The lowest BCUT2D eigenvalue weighted by atomic mass is 9.99. The first kappa shape index (κ1) is 24.3. The van der Waals surface area contributed by atoms with Crippen LogP contribution in [-0.4, -0.2) is 44.0 Å². The fourth-order valence-corrected chi connectivity index (χ4v) is 5.94. The Morgan fingerprint density at radius 2 is 0.773 bits per heavy atom. The fraction of sp³-hybridized carbons (Fsp3) is 0. The molecule has 9 heteroatoms. The molecule has 0 aliphatic carbocycles. The van der Waals surface area contributed by atoms with Crippen LogP contribution in [0.4, 0.5) is 0 Å². The van der Waals surface area contributed by atoms with Crippen LogP contribution in [0.15, 0.2) is 128 Å². The molecule has 44 heavy (non-hydrogen) atoms. The summed E-state index contributed by atoms with van der Waals surface area (Å²) in [6.07, 6.45) is 7.08. The molecule has 0 radical (unpaired) electrons. The molecule has 7 aromatic heterocycles. The first-order valence-electron chi connectivity index (χ1n) is 14.2. The van der Waals surface area contributed by atoms with E-state index in [1.54, 1.807) is 24.8 Å². The van der Waals surface area contributed by atoms with Crippen molar-refractivity contribution in [2.45, 2.75) is 0 Å². The van der Waals surface area contributed by atoms with Gasteiger partial charge in [0.2, 0.25) is 11.9 Å². The molecule has 0 amide bonds. The number of pyridine rings is 4. The van der Waals surface area contributed by atoms with Gasteiger partial charge in [-0.1, -0.05) is 54.6 Å². The topological polar surface area (TPSA) is 100 Å². The van der Waals surface area contributed by atoms with Crippen molar-refractivity contribution in [2.24, 2.45) is 0 Å². The van der Waals surface area contributed by atoms with Crippen LogP contribution in [-0.2, 0) is 0 Å². The third-order valence-corrected chi connectivity index (χ3v) is 7.84. The number of aromatic nitrogens is 9. The van der Waals surface area contributed by atoms with Crippen LogP contribution >= 0.6 is 0 Å². The zero-order chi connectivity index (χ0) is 29.0. The minimum Gasteiger partial charge on any atom is -0.245 e. The van der Waals surface area contributed by atoms with Crippen LogP contribution in [0.25, 0.3) is 78.5 Å². The molecule has 0 fully saturated rings. The predicted octanol–water partition coefficient (Wildman–Crippen LogP) is 6.98. The average molecular weight is 568 g/mol. The summed E-state index contributed by atoms with van der Waals surface area (Å²) in [5, 5.41) is 3.85. The Labute approximate surface area is 250 Å². The zero-order valence-electron chi connectivity index (χ0n) is 23.1. The Morgan fingerprint density at radius 3 is 1.23 bits per heavy atom. The maximum Gasteiger partial charge on any atom is 0.242 e. The van der Waals surface area contributed by atoms with Gasteiger partial charge in [0.25, 0.3) is 0 Å². The molecule has 9 aromatic rings. The second-order valence-electron chi connectivity index (χ2n) is 10.3. The number of rotatable bonds is 4. The summed E-state index contributed by atoms with van der Waals surface area (Å²) in [6, 6.07) is 34.2. The molecular formula is C35H21N9. The van der Waals surface area contributed by atoms with Gasteiger partial charge in [-0.15, -0.1) is 0 Å². The summed E-state index contributed by atoms with van der Waals surface area (Å²) in [6.45, 7) is 0. The van der Waals surface area contributed by atoms with Gasteiger partial charge in [-0.2, -0.15) is 15.0 Å². The van der Waals surface area contributed by atoms with Crippen molar-refractivity contribution in [1.82, 2.24) is 44.0 Å². The largest absolute Gasteiger partial charge is 0.245 e. The van der Waals surface area contributed by atoms with E-state index in [0.717, 1.165) is 38.2 Å². The second kappa shape index (κ2) is 9.60. The SMILES string of the molecule is c1ccc(-c2ccccc2-c2nc(-n3c4ncccc4c4cccnc43)nc(-n3c4ncccc4c4cccnc43)n2)cc1. The Hall–Kier alpha value is -6.35. The highest BCUT2D eigenvalue weighted by atomic mass is 15.3. The van der Waals surface area contributed by atoms with Gasteiger partial charge in [0, 0.05) is 51.9 Å². The molecule has 0 saturated heterocycles. The Bertz CT molecular complexity index is 2280. The summed E-state index contributed by atoms with van der Waals surface area (Å²) in [5.74, 6) is 1.30. The van der Waals surface area contributed by atoms with Gasteiger partial charge < -0.3 is 0 Å². The van der Waals surface area contributed by atoms with E-state index in [2.05, 4.69) is 18.2 Å². The number of nitrogens with zero attached hydrogens (tertiary/aromatic N) is 9. The minimum absolute atomic E-state index is 0.395. The molecule has 9 nitrogen and oxygen atoms in total. The van der Waals surface area contributed by atoms with Crippen molar-refractivity contribution in [1.29, 1.82) is 0 Å². The number of hydrogen-bond donors (Lipinski definition) is 0. The second-order valence-corrected chi connectivity index (χ2v) is 10.3. The van der Waals surface area contributed by atoms with Crippen molar-refractivity contribution >= 4 is 44.1 Å². The molecule has 0 spiro atoms. The number of benzene rings is 2. The molecule has 0 aliphatic rings.